The van der Waals surface area contributed by atoms with Crippen molar-refractivity contribution >= 4 is 11.7 Å². The second kappa shape index (κ2) is 6.44. The number of carbonyl (C=O) groups excluding carboxylic acids is 2. The lowest BCUT2D eigenvalue weighted by Gasteiger charge is -2.30. The summed E-state index contributed by atoms with van der Waals surface area (Å²) in [4.78, 5) is 28.7. The zero-order valence-corrected chi connectivity index (χ0v) is 16.3. The van der Waals surface area contributed by atoms with Gasteiger partial charge in [0, 0.05) is 47.0 Å². The molecule has 5 heteroatoms. The van der Waals surface area contributed by atoms with Crippen LogP contribution in [-0.4, -0.2) is 21.2 Å². The lowest BCUT2D eigenvalue weighted by Crippen LogP contribution is -2.27. The zero-order chi connectivity index (χ0) is 20.1. The molecule has 1 aliphatic rings. The van der Waals surface area contributed by atoms with Gasteiger partial charge in [-0.2, -0.15) is 0 Å². The Balaban J connectivity index is 1.93. The first kappa shape index (κ1) is 18.2. The van der Waals surface area contributed by atoms with Crippen LogP contribution >= 0.6 is 0 Å². The number of amides is 1. The molecule has 0 bridgehead atoms. The summed E-state index contributed by atoms with van der Waals surface area (Å²) in [5.41, 5.74) is 11.4. The molecule has 0 fully saturated rings. The molecule has 2 N–H and O–H groups in total. The first-order valence-electron chi connectivity index (χ1n) is 9.36. The number of carbonyl (C=O) groups is 2. The molecule has 0 spiro atoms. The number of aromatic nitrogens is 2. The van der Waals surface area contributed by atoms with Crippen LogP contribution in [0.1, 0.15) is 52.4 Å². The number of nitrogens with two attached hydrogens (primary N) is 1. The van der Waals surface area contributed by atoms with Gasteiger partial charge in [-0.05, 0) is 66.3 Å². The lowest BCUT2D eigenvalue weighted by atomic mass is 9.76. The van der Waals surface area contributed by atoms with E-state index in [0.29, 0.717) is 12.0 Å². The number of Topliss-reactive ketones (excluding diaryl/α,β-unsaturated/α-hetero) is 1. The molecule has 28 heavy (non-hydrogen) atoms. The van der Waals surface area contributed by atoms with Gasteiger partial charge in [-0.25, -0.2) is 0 Å². The SMILES string of the molecule is Cc1cc2c(n1-c1ccc(C(N)=O)c(-c3ccncc3)c1)CC(C)(C)CC2=O. The van der Waals surface area contributed by atoms with Crippen molar-refractivity contribution in [2.75, 3.05) is 0 Å². The number of aryl methyl sites for hydroxylation is 1. The molecule has 4 rings (SSSR count). The normalized spacial score (nSPS) is 15.3. The highest BCUT2D eigenvalue weighted by Gasteiger charge is 2.34. The van der Waals surface area contributed by atoms with Crippen LogP contribution in [0.2, 0.25) is 0 Å². The maximum atomic E-state index is 12.6. The van der Waals surface area contributed by atoms with Crippen LogP contribution in [0.3, 0.4) is 0 Å². The molecule has 1 amide bonds. The summed E-state index contributed by atoms with van der Waals surface area (Å²) in [5, 5.41) is 0. The highest BCUT2D eigenvalue weighted by molar-refractivity contribution is 6.01. The van der Waals surface area contributed by atoms with Crippen LogP contribution in [0.25, 0.3) is 16.8 Å². The molecule has 5 nitrogen and oxygen atoms in total. The Morgan fingerprint density at radius 3 is 2.46 bits per heavy atom. The molecule has 142 valence electrons. The fourth-order valence-corrected chi connectivity index (χ4v) is 4.17. The topological polar surface area (TPSA) is 78.0 Å². The molecule has 0 atom stereocenters. The van der Waals surface area contributed by atoms with Crippen molar-refractivity contribution < 1.29 is 9.59 Å². The van der Waals surface area contributed by atoms with Crippen LogP contribution in [0.15, 0.2) is 48.8 Å². The maximum Gasteiger partial charge on any atom is 0.249 e. The van der Waals surface area contributed by atoms with Crippen molar-refractivity contribution in [3.63, 3.8) is 0 Å². The first-order chi connectivity index (χ1) is 13.3. The van der Waals surface area contributed by atoms with E-state index in [0.717, 1.165) is 40.2 Å². The summed E-state index contributed by atoms with van der Waals surface area (Å²) < 4.78 is 2.13. The smallest absolute Gasteiger partial charge is 0.249 e. The highest BCUT2D eigenvalue weighted by atomic mass is 16.1. The molecular weight excluding hydrogens is 350 g/mol. The third-order valence-corrected chi connectivity index (χ3v) is 5.39. The van der Waals surface area contributed by atoms with Gasteiger partial charge in [0.05, 0.1) is 0 Å². The van der Waals surface area contributed by atoms with Gasteiger partial charge in [-0.15, -0.1) is 0 Å². The van der Waals surface area contributed by atoms with E-state index in [9.17, 15) is 9.59 Å². The number of pyridine rings is 1. The van der Waals surface area contributed by atoms with Crippen molar-refractivity contribution in [3.8, 4) is 16.8 Å². The Hall–Kier alpha value is -3.21. The number of hydrogen-bond acceptors (Lipinski definition) is 3. The van der Waals surface area contributed by atoms with Crippen molar-refractivity contribution in [2.45, 2.75) is 33.6 Å². The van der Waals surface area contributed by atoms with Crippen molar-refractivity contribution in [3.05, 3.63) is 71.3 Å². The minimum atomic E-state index is -0.471. The number of benzene rings is 1. The molecule has 2 aromatic heterocycles. The van der Waals surface area contributed by atoms with Crippen LogP contribution in [-0.2, 0) is 6.42 Å². The van der Waals surface area contributed by atoms with Crippen LogP contribution in [0.4, 0.5) is 0 Å². The second-order valence-corrected chi connectivity index (χ2v) is 8.25. The van der Waals surface area contributed by atoms with E-state index >= 15 is 0 Å². The molecule has 0 radical (unpaired) electrons. The largest absolute Gasteiger partial charge is 0.366 e. The fraction of sp³-hybridized carbons (Fsp3) is 0.261. The summed E-state index contributed by atoms with van der Waals surface area (Å²) in [7, 11) is 0. The van der Waals surface area contributed by atoms with E-state index in [-0.39, 0.29) is 11.2 Å². The third-order valence-electron chi connectivity index (χ3n) is 5.39. The number of ketones is 1. The van der Waals surface area contributed by atoms with Gasteiger partial charge >= 0.3 is 0 Å². The highest BCUT2D eigenvalue weighted by Crippen LogP contribution is 2.38. The molecule has 0 saturated carbocycles. The van der Waals surface area contributed by atoms with Gasteiger partial charge < -0.3 is 10.3 Å². The van der Waals surface area contributed by atoms with Crippen molar-refractivity contribution in [2.24, 2.45) is 11.1 Å². The van der Waals surface area contributed by atoms with E-state index in [1.54, 1.807) is 18.5 Å². The van der Waals surface area contributed by atoms with Gasteiger partial charge in [0.2, 0.25) is 5.91 Å². The molecule has 1 aromatic carbocycles. The molecule has 3 aromatic rings. The number of rotatable bonds is 3. The second-order valence-electron chi connectivity index (χ2n) is 8.25. The molecule has 0 saturated heterocycles. The average Bonchev–Trinajstić information content (AvgIpc) is 2.97. The van der Waals surface area contributed by atoms with E-state index in [2.05, 4.69) is 23.4 Å². The summed E-state index contributed by atoms with van der Waals surface area (Å²) in [6, 6.07) is 11.3. The number of hydrogen-bond donors (Lipinski definition) is 1. The minimum absolute atomic E-state index is 0.0757. The Morgan fingerprint density at radius 1 is 1.07 bits per heavy atom. The lowest BCUT2D eigenvalue weighted by molar-refractivity contribution is 0.0910. The fourth-order valence-electron chi connectivity index (χ4n) is 4.17. The van der Waals surface area contributed by atoms with Gasteiger partial charge in [-0.3, -0.25) is 14.6 Å². The van der Waals surface area contributed by atoms with Crippen molar-refractivity contribution in [1.82, 2.24) is 9.55 Å². The predicted octanol–water partition coefficient (Wildman–Crippen LogP) is 4.10. The molecular formula is C23H23N3O2. The van der Waals surface area contributed by atoms with Gasteiger partial charge in [-0.1, -0.05) is 13.8 Å². The summed E-state index contributed by atoms with van der Waals surface area (Å²) in [6.45, 7) is 6.25. The van der Waals surface area contributed by atoms with E-state index < -0.39 is 5.91 Å². The van der Waals surface area contributed by atoms with Crippen LogP contribution in [0, 0.1) is 12.3 Å². The number of nitrogens with zero attached hydrogens (tertiary/aromatic N) is 2. The van der Waals surface area contributed by atoms with Gasteiger partial charge in [0.1, 0.15) is 0 Å². The number of primary amides is 1. The van der Waals surface area contributed by atoms with Crippen LogP contribution in [0.5, 0.6) is 0 Å². The maximum absolute atomic E-state index is 12.6. The average molecular weight is 373 g/mol. The number of fused-ring (bicyclic) bond motifs is 1. The molecule has 0 aliphatic heterocycles. The van der Waals surface area contributed by atoms with E-state index in [1.807, 2.05) is 37.3 Å². The Kier molecular flexibility index (Phi) is 4.18. The standard InChI is InChI=1S/C23H23N3O2/c1-14-10-19-20(12-23(2,3)13-21(19)27)26(14)16-4-5-17(22(24)28)18(11-16)15-6-8-25-9-7-15/h4-11H,12-13H2,1-3H3,(H2,24,28). The van der Waals surface area contributed by atoms with Crippen LogP contribution < -0.4 is 5.73 Å². The Bertz CT molecular complexity index is 1090. The van der Waals surface area contributed by atoms with E-state index in [4.69, 9.17) is 5.73 Å². The van der Waals surface area contributed by atoms with Gasteiger partial charge in [0.25, 0.3) is 0 Å². The predicted molar refractivity (Wildman–Crippen MR) is 109 cm³/mol. The Morgan fingerprint density at radius 2 is 1.79 bits per heavy atom. The van der Waals surface area contributed by atoms with E-state index in [1.165, 1.54) is 0 Å². The first-order valence-corrected chi connectivity index (χ1v) is 9.36. The summed E-state index contributed by atoms with van der Waals surface area (Å²) >= 11 is 0. The molecule has 2 heterocycles. The van der Waals surface area contributed by atoms with Crippen molar-refractivity contribution in [1.29, 1.82) is 0 Å². The molecule has 0 unspecified atom stereocenters. The Labute approximate surface area is 164 Å². The van der Waals surface area contributed by atoms with Gasteiger partial charge in [0.15, 0.2) is 5.78 Å². The quantitative estimate of drug-likeness (QED) is 0.751. The monoisotopic (exact) mass is 373 g/mol. The minimum Gasteiger partial charge on any atom is -0.366 e. The third kappa shape index (κ3) is 3.03. The summed E-state index contributed by atoms with van der Waals surface area (Å²) in [5.74, 6) is -0.280. The molecule has 1 aliphatic carbocycles. The zero-order valence-electron chi connectivity index (χ0n) is 16.3. The summed E-state index contributed by atoms with van der Waals surface area (Å²) in [6.07, 6.45) is 4.77.